The summed E-state index contributed by atoms with van der Waals surface area (Å²) in [6.07, 6.45) is 0. The Balaban J connectivity index is 2.79. The van der Waals surface area contributed by atoms with Crippen LogP contribution in [0, 0.1) is 5.82 Å². The maximum Gasteiger partial charge on any atom is 0.321 e. The van der Waals surface area contributed by atoms with Crippen LogP contribution >= 0.6 is 0 Å². The number of aliphatic carboxylic acids is 1. The molecule has 0 aromatic heterocycles. The summed E-state index contributed by atoms with van der Waals surface area (Å²) in [5, 5.41) is 8.88. The smallest absolute Gasteiger partial charge is 0.321 e. The minimum atomic E-state index is -1.54. The first-order chi connectivity index (χ1) is 7.34. The summed E-state index contributed by atoms with van der Waals surface area (Å²) in [4.78, 5) is 10.9. The van der Waals surface area contributed by atoms with Gasteiger partial charge in [0, 0.05) is 16.6 Å². The zero-order valence-electron chi connectivity index (χ0n) is 9.07. The predicted octanol–water partition coefficient (Wildman–Crippen LogP) is 1.94. The van der Waals surface area contributed by atoms with Crippen molar-refractivity contribution in [1.29, 1.82) is 0 Å². The van der Waals surface area contributed by atoms with Gasteiger partial charge in [-0.05, 0) is 31.5 Å². The van der Waals surface area contributed by atoms with Crippen LogP contribution in [0.1, 0.15) is 19.4 Å². The predicted molar refractivity (Wildman–Crippen MR) is 60.0 cm³/mol. The molecule has 0 saturated heterocycles. The van der Waals surface area contributed by atoms with Crippen molar-refractivity contribution in [3.05, 3.63) is 35.6 Å². The highest BCUT2D eigenvalue weighted by molar-refractivity contribution is 7.86. The van der Waals surface area contributed by atoms with Crippen LogP contribution in [0.2, 0.25) is 0 Å². The van der Waals surface area contributed by atoms with Gasteiger partial charge < -0.3 is 5.11 Å². The first kappa shape index (κ1) is 12.8. The Morgan fingerprint density at radius 1 is 1.38 bits per heavy atom. The van der Waals surface area contributed by atoms with Gasteiger partial charge in [0.05, 0.1) is 0 Å². The lowest BCUT2D eigenvalue weighted by atomic mass is 10.2. The SMILES string of the molecule is CC(C)(C(=O)O)S(=O)Cc1ccc(F)cc1. The second-order valence-electron chi connectivity index (χ2n) is 3.93. The Kier molecular flexibility index (Phi) is 3.80. The molecule has 0 aliphatic rings. The molecule has 1 atom stereocenters. The summed E-state index contributed by atoms with van der Waals surface area (Å²) in [6, 6.07) is 5.54. The molecule has 0 fully saturated rings. The van der Waals surface area contributed by atoms with E-state index in [-0.39, 0.29) is 11.6 Å². The highest BCUT2D eigenvalue weighted by Gasteiger charge is 2.34. The van der Waals surface area contributed by atoms with Crippen LogP contribution in [0.4, 0.5) is 4.39 Å². The lowest BCUT2D eigenvalue weighted by molar-refractivity contribution is -0.139. The third-order valence-corrected chi connectivity index (χ3v) is 4.20. The third kappa shape index (κ3) is 2.88. The van der Waals surface area contributed by atoms with Crippen LogP contribution < -0.4 is 0 Å². The molecule has 0 saturated carbocycles. The van der Waals surface area contributed by atoms with Gasteiger partial charge >= 0.3 is 5.97 Å². The maximum absolute atomic E-state index is 12.6. The van der Waals surface area contributed by atoms with E-state index in [2.05, 4.69) is 0 Å². The molecule has 5 heteroatoms. The van der Waals surface area contributed by atoms with Gasteiger partial charge in [-0.3, -0.25) is 9.00 Å². The van der Waals surface area contributed by atoms with Crippen molar-refractivity contribution in [2.24, 2.45) is 0 Å². The molecule has 0 amide bonds. The average Bonchev–Trinajstić information content (AvgIpc) is 2.21. The van der Waals surface area contributed by atoms with Gasteiger partial charge in [-0.25, -0.2) is 4.39 Å². The van der Waals surface area contributed by atoms with Gasteiger partial charge in [0.2, 0.25) is 0 Å². The molecular formula is C11H13FO3S. The number of benzene rings is 1. The zero-order chi connectivity index (χ0) is 12.3. The molecule has 1 N–H and O–H groups in total. The lowest BCUT2D eigenvalue weighted by Gasteiger charge is -2.18. The summed E-state index contributed by atoms with van der Waals surface area (Å²) in [5.74, 6) is -1.36. The molecule has 88 valence electrons. The topological polar surface area (TPSA) is 54.4 Å². The highest BCUT2D eigenvalue weighted by atomic mass is 32.2. The first-order valence-electron chi connectivity index (χ1n) is 4.70. The van der Waals surface area contributed by atoms with Crippen molar-refractivity contribution in [2.75, 3.05) is 0 Å². The minimum Gasteiger partial charge on any atom is -0.480 e. The number of hydrogen-bond acceptors (Lipinski definition) is 2. The summed E-state index contributed by atoms with van der Waals surface area (Å²) in [7, 11) is -1.54. The summed E-state index contributed by atoms with van der Waals surface area (Å²) in [6.45, 7) is 2.82. The van der Waals surface area contributed by atoms with Crippen molar-refractivity contribution in [1.82, 2.24) is 0 Å². The molecule has 1 aromatic rings. The molecule has 1 unspecified atom stereocenters. The van der Waals surface area contributed by atoms with Crippen LogP contribution in [-0.4, -0.2) is 20.0 Å². The fraction of sp³-hybridized carbons (Fsp3) is 0.364. The largest absolute Gasteiger partial charge is 0.480 e. The average molecular weight is 244 g/mol. The molecule has 0 heterocycles. The monoisotopic (exact) mass is 244 g/mol. The lowest BCUT2D eigenvalue weighted by Crippen LogP contribution is -2.37. The number of rotatable bonds is 4. The van der Waals surface area contributed by atoms with E-state index in [9.17, 15) is 13.4 Å². The number of carboxylic acids is 1. The van der Waals surface area contributed by atoms with E-state index in [1.165, 1.54) is 38.1 Å². The molecule has 0 spiro atoms. The van der Waals surface area contributed by atoms with Crippen LogP contribution in [0.3, 0.4) is 0 Å². The normalized spacial score (nSPS) is 13.4. The van der Waals surface area contributed by atoms with Crippen molar-refractivity contribution in [3.8, 4) is 0 Å². The second-order valence-corrected chi connectivity index (χ2v) is 5.93. The first-order valence-corrected chi connectivity index (χ1v) is 6.02. The van der Waals surface area contributed by atoms with Gasteiger partial charge in [-0.15, -0.1) is 0 Å². The van der Waals surface area contributed by atoms with Gasteiger partial charge in [-0.1, -0.05) is 12.1 Å². The minimum absolute atomic E-state index is 0.111. The molecule has 1 aromatic carbocycles. The van der Waals surface area contributed by atoms with E-state index in [1.807, 2.05) is 0 Å². The standard InChI is InChI=1S/C11H13FO3S/c1-11(2,10(13)14)16(15)7-8-3-5-9(12)6-4-8/h3-6H,7H2,1-2H3,(H,13,14). The highest BCUT2D eigenvalue weighted by Crippen LogP contribution is 2.17. The molecule has 3 nitrogen and oxygen atoms in total. The van der Waals surface area contributed by atoms with Crippen molar-refractivity contribution >= 4 is 16.8 Å². The zero-order valence-corrected chi connectivity index (χ0v) is 9.88. The second kappa shape index (κ2) is 4.74. The van der Waals surface area contributed by atoms with Crippen molar-refractivity contribution in [2.45, 2.75) is 24.3 Å². The van der Waals surface area contributed by atoms with Crippen molar-refractivity contribution in [3.63, 3.8) is 0 Å². The van der Waals surface area contributed by atoms with E-state index in [0.29, 0.717) is 5.56 Å². The summed E-state index contributed by atoms with van der Waals surface area (Å²) >= 11 is 0. The van der Waals surface area contributed by atoms with Gasteiger partial charge in [0.1, 0.15) is 10.6 Å². The number of carbonyl (C=O) groups is 1. The summed E-state index contributed by atoms with van der Waals surface area (Å²) < 4.78 is 23.1. The molecule has 16 heavy (non-hydrogen) atoms. The van der Waals surface area contributed by atoms with Crippen LogP contribution in [0.15, 0.2) is 24.3 Å². The van der Waals surface area contributed by atoms with Gasteiger partial charge in [0.15, 0.2) is 0 Å². The van der Waals surface area contributed by atoms with Gasteiger partial charge in [0.25, 0.3) is 0 Å². The Morgan fingerprint density at radius 3 is 2.31 bits per heavy atom. The Bertz CT molecular complexity index is 412. The van der Waals surface area contributed by atoms with Crippen LogP contribution in [-0.2, 0) is 21.3 Å². The molecule has 0 bridgehead atoms. The van der Waals surface area contributed by atoms with E-state index in [4.69, 9.17) is 5.11 Å². The van der Waals surface area contributed by atoms with Crippen molar-refractivity contribution < 1.29 is 18.5 Å². The fourth-order valence-electron chi connectivity index (χ4n) is 1.01. The van der Waals surface area contributed by atoms with E-state index in [1.54, 1.807) is 0 Å². The molecule has 0 aliphatic heterocycles. The molecular weight excluding hydrogens is 231 g/mol. The number of halogens is 1. The molecule has 0 aliphatic carbocycles. The maximum atomic E-state index is 12.6. The van der Waals surface area contributed by atoms with E-state index >= 15 is 0 Å². The van der Waals surface area contributed by atoms with E-state index < -0.39 is 21.5 Å². The number of hydrogen-bond donors (Lipinski definition) is 1. The quantitative estimate of drug-likeness (QED) is 0.880. The number of carboxylic acid groups (broad SMARTS) is 1. The summed E-state index contributed by atoms with van der Waals surface area (Å²) in [5.41, 5.74) is 0.661. The fourth-order valence-corrected chi connectivity index (χ4v) is 2.06. The molecule has 1 rings (SSSR count). The Hall–Kier alpha value is -1.23. The van der Waals surface area contributed by atoms with Crippen LogP contribution in [0.25, 0.3) is 0 Å². The van der Waals surface area contributed by atoms with Crippen LogP contribution in [0.5, 0.6) is 0 Å². The molecule has 0 radical (unpaired) electrons. The van der Waals surface area contributed by atoms with E-state index in [0.717, 1.165) is 0 Å². The third-order valence-electron chi connectivity index (χ3n) is 2.30. The van der Waals surface area contributed by atoms with Gasteiger partial charge in [-0.2, -0.15) is 0 Å². The Morgan fingerprint density at radius 2 is 1.88 bits per heavy atom. The Labute approximate surface area is 95.8 Å².